The van der Waals surface area contributed by atoms with Crippen molar-refractivity contribution in [1.82, 2.24) is 5.32 Å². The third-order valence-corrected chi connectivity index (χ3v) is 2.41. The second-order valence-electron chi connectivity index (χ2n) is 4.05. The van der Waals surface area contributed by atoms with Crippen LogP contribution in [-0.4, -0.2) is 45.4 Å². The largest absolute Gasteiger partial charge is 0.378 e. The van der Waals surface area contributed by atoms with E-state index in [0.717, 1.165) is 5.56 Å². The molecule has 1 amide bonds. The highest BCUT2D eigenvalue weighted by atomic mass is 16.5. The van der Waals surface area contributed by atoms with Crippen LogP contribution in [0.15, 0.2) is 36.4 Å². The van der Waals surface area contributed by atoms with Crippen LogP contribution in [0.3, 0.4) is 0 Å². The summed E-state index contributed by atoms with van der Waals surface area (Å²) in [6, 6.07) is 9.67. The number of nitrogens with two attached hydrogens (primary N) is 1. The summed E-state index contributed by atoms with van der Waals surface area (Å²) in [5.74, 6) is -0.128. The summed E-state index contributed by atoms with van der Waals surface area (Å²) < 4.78 is 10.4. The van der Waals surface area contributed by atoms with Crippen LogP contribution in [0.5, 0.6) is 0 Å². The first-order valence-electron chi connectivity index (χ1n) is 6.69. The molecule has 0 atom stereocenters. The minimum atomic E-state index is -0.128. The fraction of sp³-hybridized carbons (Fsp3) is 0.400. The van der Waals surface area contributed by atoms with Gasteiger partial charge in [-0.1, -0.05) is 30.3 Å². The van der Waals surface area contributed by atoms with E-state index in [0.29, 0.717) is 39.5 Å². The molecule has 20 heavy (non-hydrogen) atoms. The van der Waals surface area contributed by atoms with E-state index in [9.17, 15) is 4.79 Å². The van der Waals surface area contributed by atoms with Gasteiger partial charge >= 0.3 is 0 Å². The monoisotopic (exact) mass is 278 g/mol. The lowest BCUT2D eigenvalue weighted by atomic mass is 10.2. The summed E-state index contributed by atoms with van der Waals surface area (Å²) >= 11 is 0. The normalized spacial score (nSPS) is 10.8. The van der Waals surface area contributed by atoms with Crippen LogP contribution in [0.2, 0.25) is 0 Å². The molecule has 0 saturated heterocycles. The average molecular weight is 278 g/mol. The molecular formula is C15H22N2O3. The summed E-state index contributed by atoms with van der Waals surface area (Å²) in [4.78, 5) is 11.5. The lowest BCUT2D eigenvalue weighted by Crippen LogP contribution is -2.26. The molecule has 0 fully saturated rings. The zero-order valence-electron chi connectivity index (χ0n) is 11.6. The van der Waals surface area contributed by atoms with Gasteiger partial charge in [0.25, 0.3) is 0 Å². The van der Waals surface area contributed by atoms with Crippen molar-refractivity contribution in [1.29, 1.82) is 0 Å². The molecule has 5 heteroatoms. The summed E-state index contributed by atoms with van der Waals surface area (Å²) in [6.07, 6.45) is 3.29. The van der Waals surface area contributed by atoms with Crippen LogP contribution in [0.4, 0.5) is 0 Å². The molecule has 0 unspecified atom stereocenters. The zero-order chi connectivity index (χ0) is 14.5. The van der Waals surface area contributed by atoms with Crippen LogP contribution in [0, 0.1) is 0 Å². The highest BCUT2D eigenvalue weighted by molar-refractivity contribution is 5.91. The molecule has 0 aliphatic carbocycles. The maximum absolute atomic E-state index is 11.5. The van der Waals surface area contributed by atoms with Crippen molar-refractivity contribution in [2.45, 2.75) is 0 Å². The highest BCUT2D eigenvalue weighted by Crippen LogP contribution is 2.00. The zero-order valence-corrected chi connectivity index (χ0v) is 11.6. The molecule has 1 aromatic carbocycles. The lowest BCUT2D eigenvalue weighted by Gasteiger charge is -2.05. The Morgan fingerprint density at radius 1 is 1.10 bits per heavy atom. The fourth-order valence-electron chi connectivity index (χ4n) is 1.45. The molecule has 110 valence electrons. The third kappa shape index (κ3) is 8.42. The average Bonchev–Trinajstić information content (AvgIpc) is 2.49. The summed E-state index contributed by atoms with van der Waals surface area (Å²) in [6.45, 7) is 3.05. The molecule has 0 radical (unpaired) electrons. The molecule has 0 bridgehead atoms. The van der Waals surface area contributed by atoms with Crippen molar-refractivity contribution in [3.63, 3.8) is 0 Å². The van der Waals surface area contributed by atoms with Crippen molar-refractivity contribution in [3.05, 3.63) is 42.0 Å². The Labute approximate surface area is 119 Å². The summed E-state index contributed by atoms with van der Waals surface area (Å²) in [5, 5.41) is 2.74. The van der Waals surface area contributed by atoms with E-state index in [1.54, 1.807) is 6.08 Å². The molecule has 0 heterocycles. The number of benzene rings is 1. The van der Waals surface area contributed by atoms with Crippen molar-refractivity contribution in [3.8, 4) is 0 Å². The molecule has 3 N–H and O–H groups in total. The number of carbonyl (C=O) groups excluding carboxylic acids is 1. The highest BCUT2D eigenvalue weighted by Gasteiger charge is 1.95. The number of hydrogen-bond acceptors (Lipinski definition) is 4. The molecular weight excluding hydrogens is 256 g/mol. The van der Waals surface area contributed by atoms with Crippen LogP contribution in [-0.2, 0) is 14.3 Å². The number of rotatable bonds is 10. The Hall–Kier alpha value is -1.69. The van der Waals surface area contributed by atoms with E-state index in [1.807, 2.05) is 30.3 Å². The number of ether oxygens (including phenoxy) is 2. The molecule has 1 rings (SSSR count). The first-order valence-corrected chi connectivity index (χ1v) is 6.69. The minimum Gasteiger partial charge on any atom is -0.378 e. The predicted molar refractivity (Wildman–Crippen MR) is 79.2 cm³/mol. The summed E-state index contributed by atoms with van der Waals surface area (Å²) in [7, 11) is 0. The van der Waals surface area contributed by atoms with E-state index in [-0.39, 0.29) is 5.91 Å². The SMILES string of the molecule is NCCOCCOCCNC(=O)/C=C/c1ccccc1. The molecule has 0 saturated carbocycles. The Morgan fingerprint density at radius 3 is 2.50 bits per heavy atom. The molecule has 1 aromatic rings. The van der Waals surface area contributed by atoms with Crippen molar-refractivity contribution in [2.24, 2.45) is 5.73 Å². The van der Waals surface area contributed by atoms with Gasteiger partial charge in [-0.25, -0.2) is 0 Å². The van der Waals surface area contributed by atoms with Gasteiger partial charge < -0.3 is 20.5 Å². The topological polar surface area (TPSA) is 73.6 Å². The van der Waals surface area contributed by atoms with E-state index in [4.69, 9.17) is 15.2 Å². The van der Waals surface area contributed by atoms with Crippen molar-refractivity contribution >= 4 is 12.0 Å². The van der Waals surface area contributed by atoms with E-state index < -0.39 is 0 Å². The smallest absolute Gasteiger partial charge is 0.244 e. The number of nitrogens with one attached hydrogen (secondary N) is 1. The first-order chi connectivity index (χ1) is 9.83. The summed E-state index contributed by atoms with van der Waals surface area (Å²) in [5.41, 5.74) is 6.27. The fourth-order valence-corrected chi connectivity index (χ4v) is 1.45. The molecule has 0 aliphatic heterocycles. The Bertz CT molecular complexity index is 393. The number of amides is 1. The molecule has 0 aromatic heterocycles. The van der Waals surface area contributed by atoms with E-state index >= 15 is 0 Å². The van der Waals surface area contributed by atoms with E-state index in [1.165, 1.54) is 6.08 Å². The maximum Gasteiger partial charge on any atom is 0.244 e. The number of hydrogen-bond donors (Lipinski definition) is 2. The van der Waals surface area contributed by atoms with Gasteiger partial charge in [-0.3, -0.25) is 4.79 Å². The molecule has 5 nitrogen and oxygen atoms in total. The Balaban J connectivity index is 2.02. The second-order valence-corrected chi connectivity index (χ2v) is 4.05. The quantitative estimate of drug-likeness (QED) is 0.490. The van der Waals surface area contributed by atoms with Crippen LogP contribution >= 0.6 is 0 Å². The first kappa shape index (κ1) is 16.4. The van der Waals surface area contributed by atoms with Gasteiger partial charge in [0.15, 0.2) is 0 Å². The second kappa shape index (κ2) is 11.2. The predicted octanol–water partition coefficient (Wildman–Crippen LogP) is 0.808. The van der Waals surface area contributed by atoms with Crippen LogP contribution in [0.25, 0.3) is 6.08 Å². The van der Waals surface area contributed by atoms with Gasteiger partial charge in [-0.2, -0.15) is 0 Å². The van der Waals surface area contributed by atoms with Gasteiger partial charge in [-0.15, -0.1) is 0 Å². The molecule has 0 spiro atoms. The molecule has 0 aliphatic rings. The maximum atomic E-state index is 11.5. The van der Waals surface area contributed by atoms with Gasteiger partial charge in [0, 0.05) is 19.2 Å². The minimum absolute atomic E-state index is 0.128. The standard InChI is InChI=1S/C15H22N2O3/c16-8-10-19-12-13-20-11-9-17-15(18)7-6-14-4-2-1-3-5-14/h1-7H,8-13,16H2,(H,17,18)/b7-6+. The van der Waals surface area contributed by atoms with Gasteiger partial charge in [-0.05, 0) is 11.6 Å². The van der Waals surface area contributed by atoms with Gasteiger partial charge in [0.05, 0.1) is 26.4 Å². The lowest BCUT2D eigenvalue weighted by molar-refractivity contribution is -0.116. The van der Waals surface area contributed by atoms with Crippen LogP contribution < -0.4 is 11.1 Å². The van der Waals surface area contributed by atoms with Gasteiger partial charge in [0.2, 0.25) is 5.91 Å². The van der Waals surface area contributed by atoms with Crippen LogP contribution in [0.1, 0.15) is 5.56 Å². The number of carbonyl (C=O) groups is 1. The van der Waals surface area contributed by atoms with Gasteiger partial charge in [0.1, 0.15) is 0 Å². The Morgan fingerprint density at radius 2 is 1.80 bits per heavy atom. The Kier molecular flexibility index (Phi) is 9.13. The van der Waals surface area contributed by atoms with Crippen molar-refractivity contribution in [2.75, 3.05) is 39.5 Å². The van der Waals surface area contributed by atoms with Crippen molar-refractivity contribution < 1.29 is 14.3 Å². The third-order valence-electron chi connectivity index (χ3n) is 2.41. The van der Waals surface area contributed by atoms with E-state index in [2.05, 4.69) is 5.32 Å².